The van der Waals surface area contributed by atoms with Crippen molar-refractivity contribution >= 4 is 35.4 Å². The molecule has 0 unspecified atom stereocenters. The first kappa shape index (κ1) is 18.2. The summed E-state index contributed by atoms with van der Waals surface area (Å²) in [6.07, 6.45) is 1.52. The van der Waals surface area contributed by atoms with E-state index in [1.165, 1.54) is 30.3 Å². The van der Waals surface area contributed by atoms with Crippen molar-refractivity contribution in [2.75, 3.05) is 30.7 Å². The molecule has 1 aromatic carbocycles. The highest BCUT2D eigenvalue weighted by Gasteiger charge is 2.33. The second-order valence-electron chi connectivity index (χ2n) is 5.81. The van der Waals surface area contributed by atoms with Crippen molar-refractivity contribution in [3.8, 4) is 0 Å². The summed E-state index contributed by atoms with van der Waals surface area (Å²) in [6, 6.07) is 9.26. The molecule has 0 fully saturated rings. The van der Waals surface area contributed by atoms with E-state index in [2.05, 4.69) is 5.10 Å². The number of hydrogen-bond acceptors (Lipinski definition) is 7. The van der Waals surface area contributed by atoms with E-state index < -0.39 is 11.9 Å². The van der Waals surface area contributed by atoms with Gasteiger partial charge in [-0.3, -0.25) is 10.5 Å². The van der Waals surface area contributed by atoms with Gasteiger partial charge in [0.05, 0.1) is 11.3 Å². The number of amides is 1. The van der Waals surface area contributed by atoms with Crippen LogP contribution in [-0.4, -0.2) is 43.7 Å². The number of carbonyl (C=O) groups excluding carboxylic acids is 1. The SMILES string of the molecule is CN(C)c1ccc(C=C2C(=O)N(c3ccc(C(=O)O)cc3)N=C2OCN)o1. The van der Waals surface area contributed by atoms with Gasteiger partial charge in [-0.05, 0) is 36.4 Å². The predicted molar refractivity (Wildman–Crippen MR) is 99.5 cm³/mol. The third-order valence-corrected chi connectivity index (χ3v) is 3.76. The van der Waals surface area contributed by atoms with E-state index in [0.29, 0.717) is 17.3 Å². The fourth-order valence-corrected chi connectivity index (χ4v) is 2.43. The van der Waals surface area contributed by atoms with E-state index in [4.69, 9.17) is 20.0 Å². The van der Waals surface area contributed by atoms with Crippen LogP contribution in [0.2, 0.25) is 0 Å². The fraction of sp³-hybridized carbons (Fsp3) is 0.167. The van der Waals surface area contributed by atoms with Gasteiger partial charge in [-0.15, -0.1) is 5.10 Å². The molecule has 0 aliphatic carbocycles. The monoisotopic (exact) mass is 370 g/mol. The number of hydrazone groups is 1. The fourth-order valence-electron chi connectivity index (χ4n) is 2.43. The number of carbonyl (C=O) groups is 2. The van der Waals surface area contributed by atoms with E-state index in [0.717, 1.165) is 5.01 Å². The van der Waals surface area contributed by atoms with Crippen LogP contribution in [0.25, 0.3) is 6.08 Å². The zero-order valence-corrected chi connectivity index (χ0v) is 14.7. The summed E-state index contributed by atoms with van der Waals surface area (Å²) in [4.78, 5) is 25.6. The number of nitrogens with zero attached hydrogens (tertiary/aromatic N) is 3. The molecule has 2 aromatic rings. The van der Waals surface area contributed by atoms with Gasteiger partial charge < -0.3 is 19.2 Å². The standard InChI is InChI=1S/C18H18N4O5/c1-21(2)15-8-7-13(27-15)9-14-16(26-10-19)20-22(17(14)23)12-5-3-11(4-6-12)18(24)25/h3-9H,10,19H2,1-2H3,(H,24,25). The first-order chi connectivity index (χ1) is 12.9. The minimum Gasteiger partial charge on any atom is -0.478 e. The summed E-state index contributed by atoms with van der Waals surface area (Å²) in [5.74, 6) is -0.345. The van der Waals surface area contributed by atoms with Crippen LogP contribution in [0.4, 0.5) is 11.6 Å². The van der Waals surface area contributed by atoms with Gasteiger partial charge in [-0.25, -0.2) is 4.79 Å². The molecule has 0 saturated carbocycles. The van der Waals surface area contributed by atoms with Crippen LogP contribution in [0.1, 0.15) is 16.1 Å². The molecule has 27 heavy (non-hydrogen) atoms. The van der Waals surface area contributed by atoms with Crippen LogP contribution in [0, 0.1) is 0 Å². The molecule has 9 nitrogen and oxygen atoms in total. The van der Waals surface area contributed by atoms with Gasteiger partial charge in [0, 0.05) is 20.2 Å². The predicted octanol–water partition coefficient (Wildman–Crippen LogP) is 1.72. The van der Waals surface area contributed by atoms with E-state index >= 15 is 0 Å². The summed E-state index contributed by atoms with van der Waals surface area (Å²) in [5.41, 5.74) is 6.13. The molecule has 1 aromatic heterocycles. The van der Waals surface area contributed by atoms with Crippen molar-refractivity contribution in [1.29, 1.82) is 0 Å². The van der Waals surface area contributed by atoms with Crippen LogP contribution in [-0.2, 0) is 9.53 Å². The molecule has 2 heterocycles. The van der Waals surface area contributed by atoms with Crippen molar-refractivity contribution in [2.24, 2.45) is 10.8 Å². The van der Waals surface area contributed by atoms with Gasteiger partial charge in [0.1, 0.15) is 18.1 Å². The van der Waals surface area contributed by atoms with Gasteiger partial charge >= 0.3 is 5.97 Å². The van der Waals surface area contributed by atoms with Crippen LogP contribution in [0.5, 0.6) is 0 Å². The number of furan rings is 1. The summed E-state index contributed by atoms with van der Waals surface area (Å²) in [5, 5.41) is 14.3. The molecule has 3 rings (SSSR count). The zero-order chi connectivity index (χ0) is 19.6. The Morgan fingerprint density at radius 2 is 2.00 bits per heavy atom. The summed E-state index contributed by atoms with van der Waals surface area (Å²) >= 11 is 0. The normalized spacial score (nSPS) is 15.2. The number of aromatic carboxylic acids is 1. The highest BCUT2D eigenvalue weighted by atomic mass is 16.5. The third-order valence-electron chi connectivity index (χ3n) is 3.76. The Bertz CT molecular complexity index is 927. The second kappa shape index (κ2) is 7.34. The number of benzene rings is 1. The van der Waals surface area contributed by atoms with E-state index in [9.17, 15) is 9.59 Å². The molecule has 0 bridgehead atoms. The zero-order valence-electron chi connectivity index (χ0n) is 14.7. The van der Waals surface area contributed by atoms with Gasteiger partial charge in [0.15, 0.2) is 5.88 Å². The van der Waals surface area contributed by atoms with Gasteiger partial charge in [0.25, 0.3) is 5.91 Å². The Hall–Kier alpha value is -3.59. The number of carboxylic acids is 1. The lowest BCUT2D eigenvalue weighted by Gasteiger charge is -2.11. The highest BCUT2D eigenvalue weighted by Crippen LogP contribution is 2.27. The molecule has 0 atom stereocenters. The molecule has 140 valence electrons. The minimum absolute atomic E-state index is 0.0626. The molecule has 3 N–H and O–H groups in total. The Labute approximate surface area is 154 Å². The molecular weight excluding hydrogens is 352 g/mol. The number of nitrogens with two attached hydrogens (primary N) is 1. The van der Waals surface area contributed by atoms with Gasteiger partial charge in [-0.2, -0.15) is 5.01 Å². The van der Waals surface area contributed by atoms with E-state index in [1.54, 1.807) is 17.0 Å². The molecule has 0 saturated heterocycles. The molecule has 1 aliphatic rings. The summed E-state index contributed by atoms with van der Waals surface area (Å²) in [7, 11) is 3.67. The maximum absolute atomic E-state index is 12.8. The van der Waals surface area contributed by atoms with Crippen molar-refractivity contribution in [3.63, 3.8) is 0 Å². The van der Waals surface area contributed by atoms with Crippen molar-refractivity contribution in [1.82, 2.24) is 0 Å². The number of hydrogen-bond donors (Lipinski definition) is 2. The topological polar surface area (TPSA) is 122 Å². The Balaban J connectivity index is 1.93. The first-order valence-corrected chi connectivity index (χ1v) is 7.99. The van der Waals surface area contributed by atoms with E-state index in [1.807, 2.05) is 14.1 Å². The third kappa shape index (κ3) is 3.67. The average molecular weight is 370 g/mol. The number of carboxylic acid groups (broad SMARTS) is 1. The Morgan fingerprint density at radius 1 is 1.30 bits per heavy atom. The minimum atomic E-state index is -1.06. The molecule has 1 aliphatic heterocycles. The van der Waals surface area contributed by atoms with Crippen LogP contribution >= 0.6 is 0 Å². The number of ether oxygens (including phenoxy) is 1. The molecule has 9 heteroatoms. The maximum Gasteiger partial charge on any atom is 0.335 e. The van der Waals surface area contributed by atoms with Gasteiger partial charge in [-0.1, -0.05) is 0 Å². The number of anilines is 2. The lowest BCUT2D eigenvalue weighted by molar-refractivity contribution is -0.114. The van der Waals surface area contributed by atoms with Crippen LogP contribution in [0.15, 0.2) is 51.5 Å². The highest BCUT2D eigenvalue weighted by molar-refractivity contribution is 6.30. The van der Waals surface area contributed by atoms with Crippen LogP contribution in [0.3, 0.4) is 0 Å². The summed E-state index contributed by atoms with van der Waals surface area (Å²) in [6.45, 7) is -0.156. The first-order valence-electron chi connectivity index (χ1n) is 7.99. The summed E-state index contributed by atoms with van der Waals surface area (Å²) < 4.78 is 10.9. The van der Waals surface area contributed by atoms with Crippen LogP contribution < -0.4 is 15.6 Å². The lowest BCUT2D eigenvalue weighted by Crippen LogP contribution is -2.21. The largest absolute Gasteiger partial charge is 0.478 e. The number of rotatable bonds is 5. The second-order valence-corrected chi connectivity index (χ2v) is 5.81. The molecule has 1 amide bonds. The van der Waals surface area contributed by atoms with Crippen molar-refractivity contribution < 1.29 is 23.8 Å². The molecular formula is C18H18N4O5. The quantitative estimate of drug-likeness (QED) is 0.607. The average Bonchev–Trinajstić information content (AvgIpc) is 3.23. The molecule has 0 spiro atoms. The lowest BCUT2D eigenvalue weighted by atomic mass is 10.2. The van der Waals surface area contributed by atoms with Crippen molar-refractivity contribution in [2.45, 2.75) is 0 Å². The smallest absolute Gasteiger partial charge is 0.335 e. The van der Waals surface area contributed by atoms with Gasteiger partial charge in [0.2, 0.25) is 5.90 Å². The van der Waals surface area contributed by atoms with Crippen molar-refractivity contribution in [3.05, 3.63) is 53.3 Å². The maximum atomic E-state index is 12.8. The Kier molecular flexibility index (Phi) is 4.95. The Morgan fingerprint density at radius 3 is 2.56 bits per heavy atom. The van der Waals surface area contributed by atoms with E-state index in [-0.39, 0.29) is 23.8 Å². The molecule has 0 radical (unpaired) electrons.